The number of hydrogen-bond donors (Lipinski definition) is 1. The highest BCUT2D eigenvalue weighted by Gasteiger charge is 2.27. The maximum atomic E-state index is 13.2. The number of methoxy groups -OCH3 is 1. The third kappa shape index (κ3) is 6.14. The maximum absolute atomic E-state index is 13.2. The van der Waals surface area contributed by atoms with E-state index in [9.17, 15) is 9.59 Å². The number of aromatic nitrogens is 1. The van der Waals surface area contributed by atoms with Gasteiger partial charge in [-0.2, -0.15) is 0 Å². The van der Waals surface area contributed by atoms with Gasteiger partial charge in [0, 0.05) is 43.6 Å². The second-order valence-corrected chi connectivity index (χ2v) is 9.65. The van der Waals surface area contributed by atoms with Gasteiger partial charge in [0.25, 0.3) is 0 Å². The number of pyridine rings is 1. The smallest absolute Gasteiger partial charge is 0.231 e. The van der Waals surface area contributed by atoms with Gasteiger partial charge in [-0.3, -0.25) is 14.6 Å². The quantitative estimate of drug-likeness (QED) is 0.467. The summed E-state index contributed by atoms with van der Waals surface area (Å²) < 4.78 is 11.2. The van der Waals surface area contributed by atoms with Crippen LogP contribution in [0.5, 0.6) is 11.5 Å². The average Bonchev–Trinajstić information content (AvgIpc) is 2.89. The minimum absolute atomic E-state index is 0.0711. The first kappa shape index (κ1) is 24.6. The lowest BCUT2D eigenvalue weighted by Gasteiger charge is -2.25. The van der Waals surface area contributed by atoms with Crippen LogP contribution in [0.4, 0.5) is 5.69 Å². The second kappa shape index (κ2) is 11.3. The Balaban J connectivity index is 1.52. The van der Waals surface area contributed by atoms with Crippen LogP contribution in [0.1, 0.15) is 12.0 Å². The van der Waals surface area contributed by atoms with E-state index in [1.54, 1.807) is 50.3 Å². The predicted molar refractivity (Wildman–Crippen MR) is 138 cm³/mol. The number of carbonyl (C=O) groups is 2. The first-order valence-electron chi connectivity index (χ1n) is 11.4. The summed E-state index contributed by atoms with van der Waals surface area (Å²) in [5.41, 5.74) is 3.75. The number of thioether (sulfide) groups is 1. The highest BCUT2D eigenvalue weighted by Crippen LogP contribution is 2.35. The number of hydrogen-bond acceptors (Lipinski definition) is 6. The van der Waals surface area contributed by atoms with Crippen LogP contribution in [0.15, 0.2) is 65.8 Å². The molecule has 4 rings (SSSR count). The Morgan fingerprint density at radius 1 is 1.11 bits per heavy atom. The molecule has 2 amide bonds. The van der Waals surface area contributed by atoms with Gasteiger partial charge in [0.1, 0.15) is 18.1 Å². The van der Waals surface area contributed by atoms with Crippen molar-refractivity contribution in [3.8, 4) is 22.6 Å². The van der Waals surface area contributed by atoms with Crippen LogP contribution in [-0.4, -0.2) is 55.3 Å². The highest BCUT2D eigenvalue weighted by atomic mass is 32.2. The lowest BCUT2D eigenvalue weighted by molar-refractivity contribution is -0.128. The van der Waals surface area contributed by atoms with Crippen molar-refractivity contribution < 1.29 is 19.1 Å². The van der Waals surface area contributed by atoms with E-state index in [1.165, 1.54) is 0 Å². The summed E-state index contributed by atoms with van der Waals surface area (Å²) in [6, 6.07) is 15.5. The summed E-state index contributed by atoms with van der Waals surface area (Å²) in [4.78, 5) is 31.9. The van der Waals surface area contributed by atoms with Crippen molar-refractivity contribution in [3.63, 3.8) is 0 Å². The van der Waals surface area contributed by atoms with Gasteiger partial charge in [-0.25, -0.2) is 0 Å². The molecule has 0 saturated carbocycles. The molecule has 0 radical (unpaired) electrons. The Bertz CT molecular complexity index is 1200. The molecule has 0 spiro atoms. The van der Waals surface area contributed by atoms with E-state index in [0.717, 1.165) is 38.8 Å². The van der Waals surface area contributed by atoms with E-state index in [2.05, 4.69) is 10.3 Å². The van der Waals surface area contributed by atoms with E-state index in [0.29, 0.717) is 25.2 Å². The van der Waals surface area contributed by atoms with Crippen LogP contribution in [0, 0.1) is 5.92 Å². The number of nitrogens with one attached hydrogen (secondary N) is 1. The summed E-state index contributed by atoms with van der Waals surface area (Å²) in [6.07, 6.45) is 4.50. The SMILES string of the molecule is COc1ccc2c(c1)CC(C(=O)Nc1ccc(-c3ccncc3)cc1SCCC(=O)N(C)C)CO2. The molecule has 1 unspecified atom stereocenters. The van der Waals surface area contributed by atoms with E-state index < -0.39 is 0 Å². The summed E-state index contributed by atoms with van der Waals surface area (Å²) in [5, 5.41) is 3.10. The molecule has 7 nitrogen and oxygen atoms in total. The first-order chi connectivity index (χ1) is 16.9. The molecule has 2 heterocycles. The van der Waals surface area contributed by atoms with Gasteiger partial charge < -0.3 is 19.7 Å². The van der Waals surface area contributed by atoms with Crippen LogP contribution < -0.4 is 14.8 Å². The van der Waals surface area contributed by atoms with Crippen molar-refractivity contribution in [1.82, 2.24) is 9.88 Å². The summed E-state index contributed by atoms with van der Waals surface area (Å²) in [5.74, 6) is 1.80. The summed E-state index contributed by atoms with van der Waals surface area (Å²) in [7, 11) is 5.13. The van der Waals surface area contributed by atoms with Gasteiger partial charge >= 0.3 is 0 Å². The average molecular weight is 492 g/mol. The van der Waals surface area contributed by atoms with Crippen molar-refractivity contribution >= 4 is 29.3 Å². The number of carbonyl (C=O) groups excluding carboxylic acids is 2. The molecule has 1 N–H and O–H groups in total. The molecule has 2 aromatic carbocycles. The van der Waals surface area contributed by atoms with Gasteiger partial charge in [0.05, 0.1) is 18.7 Å². The zero-order valence-electron chi connectivity index (χ0n) is 20.1. The predicted octanol–water partition coefficient (Wildman–Crippen LogP) is 4.52. The molecular formula is C27H29N3O4S. The molecule has 1 aromatic heterocycles. The Morgan fingerprint density at radius 2 is 1.91 bits per heavy atom. The van der Waals surface area contributed by atoms with Crippen LogP contribution in [0.3, 0.4) is 0 Å². The number of amides is 2. The number of fused-ring (bicyclic) bond motifs is 1. The maximum Gasteiger partial charge on any atom is 0.231 e. The molecule has 0 aliphatic carbocycles. The van der Waals surface area contributed by atoms with Gasteiger partial charge in [-0.1, -0.05) is 6.07 Å². The van der Waals surface area contributed by atoms with E-state index in [4.69, 9.17) is 9.47 Å². The molecule has 1 aliphatic rings. The van der Waals surface area contributed by atoms with Crippen LogP contribution >= 0.6 is 11.8 Å². The van der Waals surface area contributed by atoms with E-state index in [1.807, 2.05) is 48.5 Å². The Hall–Kier alpha value is -3.52. The minimum atomic E-state index is -0.317. The third-order valence-corrected chi connectivity index (χ3v) is 6.93. The third-order valence-electron chi connectivity index (χ3n) is 5.87. The molecular weight excluding hydrogens is 462 g/mol. The monoisotopic (exact) mass is 491 g/mol. The Labute approximate surface area is 209 Å². The highest BCUT2D eigenvalue weighted by molar-refractivity contribution is 7.99. The van der Waals surface area contributed by atoms with Gasteiger partial charge in [0.15, 0.2) is 0 Å². The topological polar surface area (TPSA) is 80.8 Å². The molecule has 8 heteroatoms. The minimum Gasteiger partial charge on any atom is -0.497 e. The molecule has 0 bridgehead atoms. The van der Waals surface area contributed by atoms with Crippen LogP contribution in [-0.2, 0) is 16.0 Å². The number of ether oxygens (including phenoxy) is 2. The second-order valence-electron chi connectivity index (χ2n) is 8.51. The molecule has 3 aromatic rings. The Morgan fingerprint density at radius 3 is 2.66 bits per heavy atom. The van der Waals surface area contributed by atoms with E-state index >= 15 is 0 Å². The molecule has 1 aliphatic heterocycles. The fourth-order valence-electron chi connectivity index (χ4n) is 3.84. The van der Waals surface area contributed by atoms with Crippen molar-refractivity contribution in [2.75, 3.05) is 38.9 Å². The lowest BCUT2D eigenvalue weighted by atomic mass is 9.95. The Kier molecular flexibility index (Phi) is 7.92. The summed E-state index contributed by atoms with van der Waals surface area (Å²) >= 11 is 1.56. The first-order valence-corrected chi connectivity index (χ1v) is 12.4. The van der Waals surface area contributed by atoms with Crippen molar-refractivity contribution in [1.29, 1.82) is 0 Å². The zero-order valence-corrected chi connectivity index (χ0v) is 20.9. The molecule has 182 valence electrons. The number of benzene rings is 2. The lowest BCUT2D eigenvalue weighted by Crippen LogP contribution is -2.32. The standard InChI is InChI=1S/C27H29N3O4S/c1-30(2)26(31)10-13-35-25-16-19(18-8-11-28-12-9-18)4-6-23(25)29-27(32)21-14-20-15-22(33-3)5-7-24(20)34-17-21/h4-9,11-12,15-16,21H,10,13-14,17H2,1-3H3,(H,29,32). The number of anilines is 1. The summed E-state index contributed by atoms with van der Waals surface area (Å²) in [6.45, 7) is 0.320. The van der Waals surface area contributed by atoms with Crippen molar-refractivity contribution in [3.05, 3.63) is 66.5 Å². The van der Waals surface area contributed by atoms with Crippen molar-refractivity contribution in [2.24, 2.45) is 5.92 Å². The van der Waals surface area contributed by atoms with Crippen LogP contribution in [0.25, 0.3) is 11.1 Å². The molecule has 1 atom stereocenters. The van der Waals surface area contributed by atoms with E-state index in [-0.39, 0.29) is 17.7 Å². The molecule has 35 heavy (non-hydrogen) atoms. The fourth-order valence-corrected chi connectivity index (χ4v) is 4.82. The number of nitrogens with zero attached hydrogens (tertiary/aromatic N) is 2. The zero-order chi connectivity index (χ0) is 24.8. The fraction of sp³-hybridized carbons (Fsp3) is 0.296. The largest absolute Gasteiger partial charge is 0.497 e. The number of rotatable bonds is 8. The van der Waals surface area contributed by atoms with Crippen LogP contribution in [0.2, 0.25) is 0 Å². The van der Waals surface area contributed by atoms with Gasteiger partial charge in [0.2, 0.25) is 11.8 Å². The van der Waals surface area contributed by atoms with Crippen molar-refractivity contribution in [2.45, 2.75) is 17.7 Å². The molecule has 0 saturated heterocycles. The van der Waals surface area contributed by atoms with Gasteiger partial charge in [-0.15, -0.1) is 11.8 Å². The van der Waals surface area contributed by atoms with Gasteiger partial charge in [-0.05, 0) is 65.6 Å². The normalized spacial score (nSPS) is 14.4. The molecule has 0 fully saturated rings.